The molecule has 1 aromatic heterocycles. The third-order valence-electron chi connectivity index (χ3n) is 3.75. The van der Waals surface area contributed by atoms with Crippen molar-refractivity contribution in [2.24, 2.45) is 0 Å². The van der Waals surface area contributed by atoms with Crippen LogP contribution in [0.2, 0.25) is 10.0 Å². The summed E-state index contributed by atoms with van der Waals surface area (Å²) in [4.78, 5) is 8.75. The van der Waals surface area contributed by atoms with Gasteiger partial charge in [-0.2, -0.15) is 5.26 Å². The predicted molar refractivity (Wildman–Crippen MR) is 89.8 cm³/mol. The number of nitrogens with zero attached hydrogens (tertiary/aromatic N) is 4. The Kier molecular flexibility index (Phi) is 4.37. The molecule has 2 heterocycles. The van der Waals surface area contributed by atoms with Crippen molar-refractivity contribution in [2.75, 3.05) is 36.0 Å². The molecule has 0 atom stereocenters. The van der Waals surface area contributed by atoms with Crippen LogP contribution >= 0.6 is 23.2 Å². The van der Waals surface area contributed by atoms with E-state index in [0.717, 1.165) is 37.7 Å². The Labute approximate surface area is 139 Å². The largest absolute Gasteiger partial charge is 0.368 e. The molecule has 1 aromatic carbocycles. The van der Waals surface area contributed by atoms with Gasteiger partial charge in [0.1, 0.15) is 11.9 Å². The third-order valence-corrected chi connectivity index (χ3v) is 4.49. The summed E-state index contributed by atoms with van der Waals surface area (Å²) in [6.07, 6.45) is 1.72. The minimum Gasteiger partial charge on any atom is -0.368 e. The molecular formula is C16H14Cl2N4. The van der Waals surface area contributed by atoms with E-state index < -0.39 is 0 Å². The summed E-state index contributed by atoms with van der Waals surface area (Å²) in [6.45, 7) is 3.32. The molecule has 1 aliphatic rings. The highest BCUT2D eigenvalue weighted by atomic mass is 35.5. The summed E-state index contributed by atoms with van der Waals surface area (Å²) in [6, 6.07) is 11.5. The highest BCUT2D eigenvalue weighted by Crippen LogP contribution is 2.28. The highest BCUT2D eigenvalue weighted by molar-refractivity contribution is 6.42. The van der Waals surface area contributed by atoms with Gasteiger partial charge in [0, 0.05) is 38.1 Å². The van der Waals surface area contributed by atoms with E-state index in [1.54, 1.807) is 18.3 Å². The summed E-state index contributed by atoms with van der Waals surface area (Å²) in [7, 11) is 0. The molecule has 0 spiro atoms. The van der Waals surface area contributed by atoms with Crippen molar-refractivity contribution in [2.45, 2.75) is 0 Å². The van der Waals surface area contributed by atoms with Crippen LogP contribution in [0.5, 0.6) is 0 Å². The summed E-state index contributed by atoms with van der Waals surface area (Å²) in [5, 5.41) is 10.3. The SMILES string of the molecule is N#Cc1cccnc1N1CCN(c2ccc(Cl)c(Cl)c2)CC1. The lowest BCUT2D eigenvalue weighted by molar-refractivity contribution is 0.647. The average molecular weight is 333 g/mol. The molecule has 2 aromatic rings. The Bertz CT molecular complexity index is 718. The van der Waals surface area contributed by atoms with E-state index in [0.29, 0.717) is 15.6 Å². The van der Waals surface area contributed by atoms with E-state index in [4.69, 9.17) is 23.2 Å². The topological polar surface area (TPSA) is 43.2 Å². The quantitative estimate of drug-likeness (QED) is 0.842. The number of hydrogen-bond acceptors (Lipinski definition) is 4. The van der Waals surface area contributed by atoms with Crippen LogP contribution in [0.1, 0.15) is 5.56 Å². The van der Waals surface area contributed by atoms with Crippen molar-refractivity contribution in [3.63, 3.8) is 0 Å². The van der Waals surface area contributed by atoms with Crippen molar-refractivity contribution < 1.29 is 0 Å². The van der Waals surface area contributed by atoms with Crippen LogP contribution in [0.25, 0.3) is 0 Å². The number of nitriles is 1. The number of piperazine rings is 1. The molecule has 0 aliphatic carbocycles. The van der Waals surface area contributed by atoms with Crippen LogP contribution in [-0.2, 0) is 0 Å². The second-order valence-corrected chi connectivity index (χ2v) is 5.87. The van der Waals surface area contributed by atoms with Gasteiger partial charge in [-0.1, -0.05) is 23.2 Å². The van der Waals surface area contributed by atoms with E-state index in [2.05, 4.69) is 20.9 Å². The van der Waals surface area contributed by atoms with E-state index >= 15 is 0 Å². The average Bonchev–Trinajstić information content (AvgIpc) is 2.57. The van der Waals surface area contributed by atoms with Crippen LogP contribution in [-0.4, -0.2) is 31.2 Å². The zero-order valence-corrected chi connectivity index (χ0v) is 13.3. The molecule has 0 bridgehead atoms. The molecular weight excluding hydrogens is 319 g/mol. The lowest BCUT2D eigenvalue weighted by Crippen LogP contribution is -2.47. The molecule has 4 nitrogen and oxygen atoms in total. The third kappa shape index (κ3) is 2.96. The second kappa shape index (κ2) is 6.43. The van der Waals surface area contributed by atoms with Gasteiger partial charge in [-0.15, -0.1) is 0 Å². The van der Waals surface area contributed by atoms with Crippen LogP contribution in [0.3, 0.4) is 0 Å². The fourth-order valence-corrected chi connectivity index (χ4v) is 2.89. The number of anilines is 2. The number of aromatic nitrogens is 1. The van der Waals surface area contributed by atoms with Crippen molar-refractivity contribution >= 4 is 34.7 Å². The Morgan fingerprint density at radius 3 is 2.41 bits per heavy atom. The van der Waals surface area contributed by atoms with Gasteiger partial charge in [0.2, 0.25) is 0 Å². The van der Waals surface area contributed by atoms with Gasteiger partial charge < -0.3 is 9.80 Å². The van der Waals surface area contributed by atoms with Crippen molar-refractivity contribution in [1.29, 1.82) is 5.26 Å². The normalized spacial score (nSPS) is 14.8. The van der Waals surface area contributed by atoms with Crippen molar-refractivity contribution in [1.82, 2.24) is 4.98 Å². The number of halogens is 2. The van der Waals surface area contributed by atoms with Crippen LogP contribution in [0.4, 0.5) is 11.5 Å². The lowest BCUT2D eigenvalue weighted by Gasteiger charge is -2.37. The maximum Gasteiger partial charge on any atom is 0.146 e. The molecule has 1 fully saturated rings. The summed E-state index contributed by atoms with van der Waals surface area (Å²) in [5.41, 5.74) is 1.68. The van der Waals surface area contributed by atoms with Gasteiger partial charge in [0.05, 0.1) is 15.6 Å². The van der Waals surface area contributed by atoms with E-state index in [1.807, 2.05) is 18.2 Å². The minimum absolute atomic E-state index is 0.566. The fraction of sp³-hybridized carbons (Fsp3) is 0.250. The summed E-state index contributed by atoms with van der Waals surface area (Å²) < 4.78 is 0. The molecule has 0 amide bonds. The highest BCUT2D eigenvalue weighted by Gasteiger charge is 2.20. The van der Waals surface area contributed by atoms with Gasteiger partial charge in [-0.3, -0.25) is 0 Å². The van der Waals surface area contributed by atoms with Gasteiger partial charge in [0.15, 0.2) is 0 Å². The first-order chi connectivity index (χ1) is 10.7. The van der Waals surface area contributed by atoms with Crippen molar-refractivity contribution in [3.8, 4) is 6.07 Å². The molecule has 1 saturated heterocycles. The molecule has 0 unspecified atom stereocenters. The minimum atomic E-state index is 0.566. The monoisotopic (exact) mass is 332 g/mol. The van der Waals surface area contributed by atoms with E-state index in [1.165, 1.54) is 0 Å². The van der Waals surface area contributed by atoms with Gasteiger partial charge >= 0.3 is 0 Å². The van der Waals surface area contributed by atoms with Gasteiger partial charge in [-0.25, -0.2) is 4.98 Å². The van der Waals surface area contributed by atoms with Gasteiger partial charge in [-0.05, 0) is 30.3 Å². The number of benzene rings is 1. The molecule has 0 N–H and O–H groups in total. The first-order valence-corrected chi connectivity index (χ1v) is 7.74. The Hall–Kier alpha value is -1.96. The Balaban J connectivity index is 1.72. The van der Waals surface area contributed by atoms with Crippen LogP contribution in [0.15, 0.2) is 36.5 Å². The Morgan fingerprint density at radius 2 is 1.73 bits per heavy atom. The molecule has 22 heavy (non-hydrogen) atoms. The van der Waals surface area contributed by atoms with E-state index in [-0.39, 0.29) is 0 Å². The standard InChI is InChI=1S/C16H14Cl2N4/c17-14-4-3-13(10-15(14)18)21-6-8-22(9-7-21)16-12(11-19)2-1-5-20-16/h1-5,10H,6-9H2. The molecule has 3 rings (SSSR count). The molecule has 6 heteroatoms. The molecule has 0 radical (unpaired) electrons. The maximum absolute atomic E-state index is 9.18. The molecule has 0 saturated carbocycles. The Morgan fingerprint density at radius 1 is 1.00 bits per heavy atom. The fourth-order valence-electron chi connectivity index (χ4n) is 2.59. The first-order valence-electron chi connectivity index (χ1n) is 6.99. The van der Waals surface area contributed by atoms with Gasteiger partial charge in [0.25, 0.3) is 0 Å². The van der Waals surface area contributed by atoms with E-state index in [9.17, 15) is 5.26 Å². The predicted octanol–water partition coefficient (Wildman–Crippen LogP) is 3.59. The zero-order valence-electron chi connectivity index (χ0n) is 11.8. The summed E-state index contributed by atoms with van der Waals surface area (Å²) in [5.74, 6) is 0.763. The number of rotatable bonds is 2. The maximum atomic E-state index is 9.18. The van der Waals surface area contributed by atoms with Crippen molar-refractivity contribution in [3.05, 3.63) is 52.1 Å². The number of hydrogen-bond donors (Lipinski definition) is 0. The number of pyridine rings is 1. The molecule has 1 aliphatic heterocycles. The second-order valence-electron chi connectivity index (χ2n) is 5.06. The first kappa shape index (κ1) is 15.0. The lowest BCUT2D eigenvalue weighted by atomic mass is 10.2. The smallest absolute Gasteiger partial charge is 0.146 e. The molecule has 112 valence electrons. The van der Waals surface area contributed by atoms with Crippen LogP contribution in [0, 0.1) is 11.3 Å². The zero-order chi connectivity index (χ0) is 15.5. The summed E-state index contributed by atoms with van der Waals surface area (Å²) >= 11 is 12.0. The van der Waals surface area contributed by atoms with Crippen LogP contribution < -0.4 is 9.80 Å².